The Balaban J connectivity index is 2.75. The quantitative estimate of drug-likeness (QED) is 0.790. The van der Waals surface area contributed by atoms with Crippen molar-refractivity contribution in [2.24, 2.45) is 0 Å². The van der Waals surface area contributed by atoms with Gasteiger partial charge in [-0.2, -0.15) is 8.78 Å². The zero-order valence-corrected chi connectivity index (χ0v) is 7.18. The molecule has 0 aliphatic rings. The van der Waals surface area contributed by atoms with Gasteiger partial charge in [0.1, 0.15) is 0 Å². The molecule has 0 aliphatic carbocycles. The first-order valence-electron chi connectivity index (χ1n) is 3.45. The van der Waals surface area contributed by atoms with Crippen LogP contribution in [0.3, 0.4) is 0 Å². The van der Waals surface area contributed by atoms with Crippen molar-refractivity contribution >= 4 is 23.2 Å². The number of halogens is 3. The van der Waals surface area contributed by atoms with Gasteiger partial charge >= 0.3 is 6.43 Å². The normalized spacial score (nSPS) is 10.2. The minimum absolute atomic E-state index is 0.189. The second-order valence-electron chi connectivity index (χ2n) is 2.27. The number of anilines is 1. The summed E-state index contributed by atoms with van der Waals surface area (Å²) in [4.78, 5) is 10.5. The van der Waals surface area contributed by atoms with Crippen molar-refractivity contribution in [3.8, 4) is 0 Å². The van der Waals surface area contributed by atoms with Gasteiger partial charge in [0.15, 0.2) is 0 Å². The Morgan fingerprint density at radius 2 is 2.00 bits per heavy atom. The third kappa shape index (κ3) is 2.66. The number of alkyl halides is 2. The number of hydrogen-bond acceptors (Lipinski definition) is 1. The van der Waals surface area contributed by atoms with Gasteiger partial charge in [0, 0.05) is 0 Å². The maximum Gasteiger partial charge on any atom is 0.315 e. The number of hydrogen-bond donors (Lipinski definition) is 1. The van der Waals surface area contributed by atoms with E-state index in [9.17, 15) is 13.6 Å². The van der Waals surface area contributed by atoms with E-state index < -0.39 is 12.3 Å². The number of para-hydroxylation sites is 1. The molecular weight excluding hydrogens is 200 g/mol. The highest BCUT2D eigenvalue weighted by Crippen LogP contribution is 2.20. The van der Waals surface area contributed by atoms with E-state index in [0.717, 1.165) is 0 Å². The lowest BCUT2D eigenvalue weighted by Gasteiger charge is -2.05. The van der Waals surface area contributed by atoms with Crippen LogP contribution >= 0.6 is 11.6 Å². The summed E-state index contributed by atoms with van der Waals surface area (Å²) in [7, 11) is 0. The number of rotatable bonds is 2. The maximum atomic E-state index is 11.8. The fourth-order valence-corrected chi connectivity index (χ4v) is 0.933. The van der Waals surface area contributed by atoms with E-state index in [-0.39, 0.29) is 10.7 Å². The van der Waals surface area contributed by atoms with E-state index in [1.54, 1.807) is 12.1 Å². The molecule has 0 bridgehead atoms. The third-order valence-corrected chi connectivity index (χ3v) is 1.66. The van der Waals surface area contributed by atoms with Crippen LogP contribution in [-0.4, -0.2) is 12.3 Å². The van der Waals surface area contributed by atoms with E-state index in [4.69, 9.17) is 11.6 Å². The van der Waals surface area contributed by atoms with Gasteiger partial charge in [0.2, 0.25) is 0 Å². The molecular formula is C8H6ClF2NO. The molecule has 0 saturated carbocycles. The topological polar surface area (TPSA) is 29.1 Å². The average Bonchev–Trinajstić information content (AvgIpc) is 2.08. The van der Waals surface area contributed by atoms with Gasteiger partial charge in [-0.3, -0.25) is 4.79 Å². The van der Waals surface area contributed by atoms with Crippen LogP contribution in [0.25, 0.3) is 0 Å². The van der Waals surface area contributed by atoms with E-state index in [1.807, 2.05) is 5.32 Å². The molecule has 0 aliphatic heterocycles. The van der Waals surface area contributed by atoms with Crippen molar-refractivity contribution < 1.29 is 13.6 Å². The van der Waals surface area contributed by atoms with Crippen LogP contribution in [0.4, 0.5) is 14.5 Å². The fourth-order valence-electron chi connectivity index (χ4n) is 0.750. The van der Waals surface area contributed by atoms with Crippen LogP contribution in [-0.2, 0) is 4.79 Å². The summed E-state index contributed by atoms with van der Waals surface area (Å²) in [6.07, 6.45) is -3.03. The standard InChI is InChI=1S/C8H6ClF2NO/c9-5-3-1-2-4-6(5)12-8(13)7(10)11/h1-4,7H,(H,12,13). The summed E-state index contributed by atoms with van der Waals surface area (Å²) in [5.41, 5.74) is 0.189. The van der Waals surface area contributed by atoms with Crippen LogP contribution in [0.15, 0.2) is 24.3 Å². The first-order chi connectivity index (χ1) is 6.11. The molecule has 0 radical (unpaired) electrons. The smallest absolute Gasteiger partial charge is 0.315 e. The second kappa shape index (κ2) is 4.18. The van der Waals surface area contributed by atoms with Gasteiger partial charge < -0.3 is 5.32 Å². The maximum absolute atomic E-state index is 11.8. The number of amides is 1. The lowest BCUT2D eigenvalue weighted by molar-refractivity contribution is -0.126. The van der Waals surface area contributed by atoms with Crippen LogP contribution in [0, 0.1) is 0 Å². The van der Waals surface area contributed by atoms with Gasteiger partial charge in [0.05, 0.1) is 10.7 Å². The highest BCUT2D eigenvalue weighted by Gasteiger charge is 2.15. The fraction of sp³-hybridized carbons (Fsp3) is 0.125. The van der Waals surface area contributed by atoms with Crippen LogP contribution in [0.5, 0.6) is 0 Å². The number of nitrogens with one attached hydrogen (secondary N) is 1. The van der Waals surface area contributed by atoms with Crippen molar-refractivity contribution in [3.05, 3.63) is 29.3 Å². The van der Waals surface area contributed by atoms with Crippen molar-refractivity contribution in [2.75, 3.05) is 5.32 Å². The highest BCUT2D eigenvalue weighted by atomic mass is 35.5. The summed E-state index contributed by atoms with van der Waals surface area (Å²) in [5.74, 6) is -1.35. The molecule has 0 fully saturated rings. The molecule has 1 amide bonds. The lowest BCUT2D eigenvalue weighted by Crippen LogP contribution is -2.20. The van der Waals surface area contributed by atoms with E-state index in [1.165, 1.54) is 12.1 Å². The van der Waals surface area contributed by atoms with Gasteiger partial charge in [-0.15, -0.1) is 0 Å². The third-order valence-electron chi connectivity index (χ3n) is 1.33. The Morgan fingerprint density at radius 1 is 1.38 bits per heavy atom. The molecule has 13 heavy (non-hydrogen) atoms. The van der Waals surface area contributed by atoms with E-state index in [0.29, 0.717) is 0 Å². The van der Waals surface area contributed by atoms with Gasteiger partial charge in [0.25, 0.3) is 5.91 Å². The molecule has 0 unspecified atom stereocenters. The zero-order valence-electron chi connectivity index (χ0n) is 6.43. The minimum Gasteiger partial charge on any atom is -0.320 e. The molecule has 1 N–H and O–H groups in total. The molecule has 1 aromatic carbocycles. The van der Waals surface area contributed by atoms with E-state index in [2.05, 4.69) is 0 Å². The Labute approximate surface area is 78.5 Å². The monoisotopic (exact) mass is 205 g/mol. The average molecular weight is 206 g/mol. The summed E-state index contributed by atoms with van der Waals surface area (Å²) >= 11 is 5.61. The molecule has 70 valence electrons. The molecule has 0 atom stereocenters. The molecule has 1 aromatic rings. The molecule has 0 saturated heterocycles. The molecule has 0 heterocycles. The first kappa shape index (κ1) is 9.92. The highest BCUT2D eigenvalue weighted by molar-refractivity contribution is 6.33. The predicted molar refractivity (Wildman–Crippen MR) is 46.1 cm³/mol. The molecule has 0 spiro atoms. The summed E-state index contributed by atoms with van der Waals surface area (Å²) < 4.78 is 23.6. The van der Waals surface area contributed by atoms with Crippen LogP contribution < -0.4 is 5.32 Å². The van der Waals surface area contributed by atoms with Crippen molar-refractivity contribution in [1.82, 2.24) is 0 Å². The number of carbonyl (C=O) groups is 1. The Kier molecular flexibility index (Phi) is 3.19. The number of benzene rings is 1. The van der Waals surface area contributed by atoms with Crippen LogP contribution in [0.2, 0.25) is 5.02 Å². The zero-order chi connectivity index (χ0) is 9.84. The van der Waals surface area contributed by atoms with Crippen molar-refractivity contribution in [1.29, 1.82) is 0 Å². The Morgan fingerprint density at radius 3 is 2.54 bits per heavy atom. The van der Waals surface area contributed by atoms with Gasteiger partial charge in [-0.05, 0) is 12.1 Å². The summed E-state index contributed by atoms with van der Waals surface area (Å²) in [6.45, 7) is 0. The van der Waals surface area contributed by atoms with Gasteiger partial charge in [-0.1, -0.05) is 23.7 Å². The molecule has 1 rings (SSSR count). The lowest BCUT2D eigenvalue weighted by atomic mass is 10.3. The first-order valence-corrected chi connectivity index (χ1v) is 3.82. The Bertz CT molecular complexity index is 317. The largest absolute Gasteiger partial charge is 0.320 e. The molecule has 0 aromatic heterocycles. The Hall–Kier alpha value is -1.16. The number of carbonyl (C=O) groups excluding carboxylic acids is 1. The van der Waals surface area contributed by atoms with Crippen molar-refractivity contribution in [2.45, 2.75) is 6.43 Å². The SMILES string of the molecule is O=C(Nc1ccccc1Cl)C(F)F. The minimum atomic E-state index is -3.03. The second-order valence-corrected chi connectivity index (χ2v) is 2.68. The van der Waals surface area contributed by atoms with Gasteiger partial charge in [-0.25, -0.2) is 0 Å². The van der Waals surface area contributed by atoms with Crippen molar-refractivity contribution in [3.63, 3.8) is 0 Å². The summed E-state index contributed by atoms with van der Waals surface area (Å²) in [5, 5.41) is 2.22. The summed E-state index contributed by atoms with van der Waals surface area (Å²) in [6, 6.07) is 6.18. The molecule has 5 heteroatoms. The van der Waals surface area contributed by atoms with E-state index >= 15 is 0 Å². The van der Waals surface area contributed by atoms with Crippen LogP contribution in [0.1, 0.15) is 0 Å². The molecule has 2 nitrogen and oxygen atoms in total. The predicted octanol–water partition coefficient (Wildman–Crippen LogP) is 2.54.